The molecule has 0 saturated carbocycles. The van der Waals surface area contributed by atoms with Gasteiger partial charge in [-0.3, -0.25) is 20.2 Å². The molecule has 5 atom stereocenters. The maximum Gasteiger partial charge on any atom is 0.166 e. The minimum absolute atomic E-state index is 0.0410. The van der Waals surface area contributed by atoms with E-state index in [0.717, 1.165) is 32.1 Å². The summed E-state index contributed by atoms with van der Waals surface area (Å²) in [7, 11) is 0. The minimum atomic E-state index is -0.996. The average molecular weight is 563 g/mol. The number of rotatable bonds is 17. The molecule has 0 spiro atoms. The van der Waals surface area contributed by atoms with Gasteiger partial charge in [0.05, 0.1) is 17.6 Å². The molecule has 0 heterocycles. The lowest BCUT2D eigenvalue weighted by Gasteiger charge is -2.50. The van der Waals surface area contributed by atoms with Crippen molar-refractivity contribution in [3.63, 3.8) is 0 Å². The number of ketones is 2. The van der Waals surface area contributed by atoms with Gasteiger partial charge in [-0.25, -0.2) is 0 Å². The number of nitrogens with one attached hydrogen (secondary N) is 2. The zero-order valence-corrected chi connectivity index (χ0v) is 30.1. The van der Waals surface area contributed by atoms with Gasteiger partial charge >= 0.3 is 0 Å². The number of carbonyl (C=O) groups excluding carboxylic acids is 2. The number of carbonyl (C=O) groups is 2. The number of hydrogen-bond donors (Lipinski definition) is 2. The van der Waals surface area contributed by atoms with E-state index in [1.807, 2.05) is 13.8 Å². The van der Waals surface area contributed by atoms with Crippen LogP contribution in [0, 0.1) is 27.1 Å². The van der Waals surface area contributed by atoms with Crippen molar-refractivity contribution in [3.05, 3.63) is 12.7 Å². The molecule has 0 radical (unpaired) electrons. The monoisotopic (exact) mass is 563 g/mol. The van der Waals surface area contributed by atoms with Gasteiger partial charge in [0.1, 0.15) is 0 Å². The Kier molecular flexibility index (Phi) is 12.8. The first-order valence-corrected chi connectivity index (χ1v) is 16.0. The summed E-state index contributed by atoms with van der Waals surface area (Å²) in [6.45, 7) is 41.6. The van der Waals surface area contributed by atoms with E-state index in [1.165, 1.54) is 0 Å². The molecule has 0 aliphatic heterocycles. The van der Waals surface area contributed by atoms with Crippen LogP contribution in [-0.2, 0) is 9.59 Å². The molecule has 236 valence electrons. The van der Waals surface area contributed by atoms with Crippen molar-refractivity contribution >= 4 is 11.6 Å². The molecular formula is C36H70N2O2. The maximum absolute atomic E-state index is 14.2. The van der Waals surface area contributed by atoms with Crippen LogP contribution in [0.15, 0.2) is 12.7 Å². The molecule has 0 fully saturated rings. The lowest BCUT2D eigenvalue weighted by molar-refractivity contribution is -0.136. The predicted octanol–water partition coefficient (Wildman–Crippen LogP) is 9.32. The van der Waals surface area contributed by atoms with Crippen molar-refractivity contribution in [1.29, 1.82) is 0 Å². The molecule has 5 unspecified atom stereocenters. The second kappa shape index (κ2) is 13.1. The molecule has 0 bridgehead atoms. The highest BCUT2D eigenvalue weighted by molar-refractivity contribution is 5.96. The molecule has 0 aromatic carbocycles. The number of Topliss-reactive ketones (excluding diaryl/α,β-unsaturated/α-hetero) is 2. The second-order valence-electron chi connectivity index (χ2n) is 16.8. The van der Waals surface area contributed by atoms with E-state index in [1.54, 1.807) is 6.08 Å². The van der Waals surface area contributed by atoms with Crippen LogP contribution < -0.4 is 10.6 Å². The summed E-state index contributed by atoms with van der Waals surface area (Å²) in [5, 5.41) is 7.22. The SMILES string of the molecule is C=CC(C)(NCC(=O)C(C)(CC)NC(C)(CC)CC(C)(CC)C(C)(C)C)C(=O)C(C)(CC)CC(C)(C)C(C)(C)C. The molecule has 0 aromatic heterocycles. The van der Waals surface area contributed by atoms with Gasteiger partial charge in [-0.1, -0.05) is 109 Å². The fourth-order valence-electron chi connectivity index (χ4n) is 6.00. The minimum Gasteiger partial charge on any atom is -0.300 e. The van der Waals surface area contributed by atoms with Crippen molar-refractivity contribution in [3.8, 4) is 0 Å². The Balaban J connectivity index is 6.06. The fourth-order valence-corrected chi connectivity index (χ4v) is 6.00. The third kappa shape index (κ3) is 8.76. The summed E-state index contributed by atoms with van der Waals surface area (Å²) in [5.41, 5.74) is -2.16. The van der Waals surface area contributed by atoms with Crippen molar-refractivity contribution in [2.75, 3.05) is 6.54 Å². The van der Waals surface area contributed by atoms with Crippen LogP contribution in [0.5, 0.6) is 0 Å². The van der Waals surface area contributed by atoms with E-state index in [4.69, 9.17) is 0 Å². The van der Waals surface area contributed by atoms with Crippen molar-refractivity contribution < 1.29 is 9.59 Å². The Morgan fingerprint density at radius 3 is 1.50 bits per heavy atom. The molecule has 0 aliphatic carbocycles. The third-order valence-corrected chi connectivity index (χ3v) is 11.7. The van der Waals surface area contributed by atoms with E-state index < -0.39 is 16.5 Å². The van der Waals surface area contributed by atoms with Crippen LogP contribution in [0.4, 0.5) is 0 Å². The Labute approximate surface area is 250 Å². The van der Waals surface area contributed by atoms with Crippen molar-refractivity contribution in [1.82, 2.24) is 10.6 Å². The van der Waals surface area contributed by atoms with Gasteiger partial charge in [-0.15, -0.1) is 6.58 Å². The van der Waals surface area contributed by atoms with E-state index in [2.05, 4.69) is 121 Å². The Hall–Kier alpha value is -1.00. The van der Waals surface area contributed by atoms with E-state index >= 15 is 0 Å². The second-order valence-corrected chi connectivity index (χ2v) is 16.8. The Morgan fingerprint density at radius 1 is 0.675 bits per heavy atom. The van der Waals surface area contributed by atoms with E-state index in [9.17, 15) is 9.59 Å². The standard InChI is InChI=1S/C36H70N2O2/c1-19-32(14,25-31(12,13)29(6,7)8)28(40)36(18,23-5)37-24-27(39)35(17,22-4)38-34(16,21-3)26-33(15,20-2)30(9,10)11/h23,37-38H,5,19-22,24-26H2,1-4,6-18H3. The summed E-state index contributed by atoms with van der Waals surface area (Å²) < 4.78 is 0. The third-order valence-electron chi connectivity index (χ3n) is 11.7. The van der Waals surface area contributed by atoms with E-state index in [-0.39, 0.29) is 45.3 Å². The Bertz CT molecular complexity index is 878. The highest BCUT2D eigenvalue weighted by atomic mass is 16.1. The normalized spacial score (nSPS) is 20.8. The molecular weight excluding hydrogens is 492 g/mol. The lowest BCUT2D eigenvalue weighted by Crippen LogP contribution is -2.63. The summed E-state index contributed by atoms with van der Waals surface area (Å²) in [4.78, 5) is 28.1. The largest absolute Gasteiger partial charge is 0.300 e. The summed E-state index contributed by atoms with van der Waals surface area (Å²) in [5.74, 6) is 0.189. The van der Waals surface area contributed by atoms with Gasteiger partial charge in [0, 0.05) is 11.0 Å². The maximum atomic E-state index is 14.2. The van der Waals surface area contributed by atoms with Crippen LogP contribution in [0.2, 0.25) is 0 Å². The van der Waals surface area contributed by atoms with Crippen LogP contribution in [0.1, 0.15) is 156 Å². The average Bonchev–Trinajstić information content (AvgIpc) is 2.84. The smallest absolute Gasteiger partial charge is 0.166 e. The first kappa shape index (κ1) is 39.0. The molecule has 0 saturated heterocycles. The summed E-state index contributed by atoms with van der Waals surface area (Å²) in [6, 6.07) is 0. The fraction of sp³-hybridized carbons (Fsp3) is 0.889. The molecule has 2 N–H and O–H groups in total. The molecule has 4 nitrogen and oxygen atoms in total. The van der Waals surface area contributed by atoms with Crippen molar-refractivity contribution in [2.45, 2.75) is 173 Å². The van der Waals surface area contributed by atoms with Crippen molar-refractivity contribution in [2.24, 2.45) is 27.1 Å². The van der Waals surface area contributed by atoms with Gasteiger partial charge in [-0.05, 0) is 74.5 Å². The molecule has 4 heteroatoms. The van der Waals surface area contributed by atoms with Crippen LogP contribution >= 0.6 is 0 Å². The zero-order valence-electron chi connectivity index (χ0n) is 30.1. The van der Waals surface area contributed by atoms with Crippen LogP contribution in [0.25, 0.3) is 0 Å². The van der Waals surface area contributed by atoms with Crippen LogP contribution in [0.3, 0.4) is 0 Å². The zero-order chi connectivity index (χ0) is 32.2. The number of hydrogen-bond acceptors (Lipinski definition) is 4. The highest BCUT2D eigenvalue weighted by Crippen LogP contribution is 2.49. The predicted molar refractivity (Wildman–Crippen MR) is 176 cm³/mol. The van der Waals surface area contributed by atoms with Gasteiger partial charge in [0.15, 0.2) is 11.6 Å². The van der Waals surface area contributed by atoms with Gasteiger partial charge in [-0.2, -0.15) is 0 Å². The van der Waals surface area contributed by atoms with Gasteiger partial charge in [0.2, 0.25) is 0 Å². The lowest BCUT2D eigenvalue weighted by atomic mass is 9.58. The topological polar surface area (TPSA) is 58.2 Å². The molecule has 0 amide bonds. The van der Waals surface area contributed by atoms with Gasteiger partial charge < -0.3 is 0 Å². The van der Waals surface area contributed by atoms with Crippen LogP contribution in [-0.4, -0.2) is 34.7 Å². The van der Waals surface area contributed by atoms with Gasteiger partial charge in [0.25, 0.3) is 0 Å². The summed E-state index contributed by atoms with van der Waals surface area (Å²) in [6.07, 6.45) is 6.86. The first-order valence-electron chi connectivity index (χ1n) is 16.0. The quantitative estimate of drug-likeness (QED) is 0.173. The molecule has 40 heavy (non-hydrogen) atoms. The molecule has 0 aromatic rings. The van der Waals surface area contributed by atoms with E-state index in [0.29, 0.717) is 6.42 Å². The summed E-state index contributed by atoms with van der Waals surface area (Å²) >= 11 is 0. The Morgan fingerprint density at radius 2 is 1.18 bits per heavy atom. The highest BCUT2D eigenvalue weighted by Gasteiger charge is 2.49. The first-order chi connectivity index (χ1) is 17.7. The molecule has 0 rings (SSSR count). The molecule has 0 aliphatic rings.